The number of unbranched alkanes of at least 4 members (excludes halogenated alkanes) is 10. The minimum absolute atomic E-state index is 0.0254. The highest BCUT2D eigenvalue weighted by atomic mass is 16.8. The molecule has 0 aliphatic carbocycles. The van der Waals surface area contributed by atoms with E-state index in [4.69, 9.17) is 61.6 Å². The zero-order chi connectivity index (χ0) is 63.5. The second-order valence-corrected chi connectivity index (χ2v) is 25.3. The van der Waals surface area contributed by atoms with E-state index in [-0.39, 0.29) is 18.9 Å². The van der Waals surface area contributed by atoms with Crippen molar-refractivity contribution in [3.05, 3.63) is 0 Å². The third-order valence-electron chi connectivity index (χ3n) is 18.2. The second-order valence-electron chi connectivity index (χ2n) is 25.3. The maximum atomic E-state index is 14.4. The Morgan fingerprint density at radius 2 is 0.977 bits per heavy atom. The maximum Gasteiger partial charge on any atom is 0.309 e. The Kier molecular flexibility index (Phi) is 31.2. The van der Waals surface area contributed by atoms with Gasteiger partial charge >= 0.3 is 17.9 Å². The Balaban J connectivity index is 1.36. The lowest BCUT2D eigenvalue weighted by Gasteiger charge is -2.51. The molecule has 0 unspecified atom stereocenters. The van der Waals surface area contributed by atoms with Crippen LogP contribution in [-0.4, -0.2) is 218 Å². The normalized spacial score (nSPS) is 41.6. The monoisotopic (exact) mass is 1250 g/mol. The number of esters is 3. The van der Waals surface area contributed by atoms with Gasteiger partial charge in [0.2, 0.25) is 0 Å². The Hall–Kier alpha value is -2.31. The van der Waals surface area contributed by atoms with Crippen molar-refractivity contribution in [3.63, 3.8) is 0 Å². The van der Waals surface area contributed by atoms with Crippen molar-refractivity contribution in [2.75, 3.05) is 0 Å². The van der Waals surface area contributed by atoms with E-state index in [1.54, 1.807) is 27.7 Å². The van der Waals surface area contributed by atoms with Crippen LogP contribution in [0.25, 0.3) is 0 Å². The fourth-order valence-corrected chi connectivity index (χ4v) is 12.3. The average molecular weight is 1250 g/mol. The summed E-state index contributed by atoms with van der Waals surface area (Å²) in [4.78, 5) is 41.3. The molecule has 6 fully saturated rings. The number of fused-ring (bicyclic) bond motifs is 3. The average Bonchev–Trinajstić information content (AvgIpc) is 1.80. The molecule has 8 N–H and O–H groups in total. The molecule has 0 aromatic rings. The smallest absolute Gasteiger partial charge is 0.309 e. The van der Waals surface area contributed by atoms with Crippen molar-refractivity contribution < 1.29 is 117 Å². The molecule has 506 valence electrons. The maximum absolute atomic E-state index is 14.4. The van der Waals surface area contributed by atoms with Crippen LogP contribution >= 0.6 is 0 Å². The van der Waals surface area contributed by atoms with E-state index in [1.165, 1.54) is 27.2 Å². The predicted octanol–water partition coefficient (Wildman–Crippen LogP) is 5.33. The van der Waals surface area contributed by atoms with Crippen LogP contribution in [0.2, 0.25) is 0 Å². The molecule has 0 radical (unpaired) electrons. The van der Waals surface area contributed by atoms with E-state index in [0.717, 1.165) is 109 Å². The third kappa shape index (κ3) is 20.8. The fraction of sp³-hybridized carbons (Fsp3) is 0.952. The molecular formula is C63H110O24. The lowest BCUT2D eigenvalue weighted by molar-refractivity contribution is -0.399. The Bertz CT molecular complexity index is 1990. The van der Waals surface area contributed by atoms with E-state index < -0.39 is 177 Å². The van der Waals surface area contributed by atoms with E-state index in [0.29, 0.717) is 25.7 Å². The molecule has 87 heavy (non-hydrogen) atoms. The van der Waals surface area contributed by atoms with Crippen LogP contribution in [0.4, 0.5) is 0 Å². The molecule has 6 aliphatic rings. The first kappa shape index (κ1) is 73.7. The number of hydrogen-bond acceptors (Lipinski definition) is 24. The van der Waals surface area contributed by atoms with Crippen LogP contribution in [0, 0.1) is 5.92 Å². The standard InChI is InChI=1S/C63H110O24/c1-10-13-15-16-17-18-21-24-29-33-42(65)82-57-56(87-59-48(71)45(68)43(66)35(5)75-59)53(84-60-49(72)47(70)51(37(7)77-60)83-58(74)34(4)12-3)39(9)79-63(57)85-52-38(8)78-61-50(73)54(52)81-41(64)32-28-25-22-19-20-23-27-31-40(30-26-14-11-2)80-62-55(86-61)46(69)44(67)36(6)76-62/h34-40,43-57,59-63,66-73H,10-33H2,1-9H3/t34-,35-,36+,37-,38-,39-,40-,43-,44-,45+,46-,47-,48+,49+,50-,51-,52-,53-,54-,55+,56+,57+,59-,60-,61-,62-,63-/m0/s1. The molecule has 0 spiro atoms. The number of aliphatic hydroxyl groups is 8. The molecule has 6 rings (SSSR count). The molecule has 24 nitrogen and oxygen atoms in total. The Labute approximate surface area is 515 Å². The first-order valence-corrected chi connectivity index (χ1v) is 33.2. The molecule has 6 saturated heterocycles. The van der Waals surface area contributed by atoms with Crippen molar-refractivity contribution in [1.29, 1.82) is 0 Å². The lowest BCUT2D eigenvalue weighted by atomic mass is 9.95. The Morgan fingerprint density at radius 3 is 1.64 bits per heavy atom. The van der Waals surface area contributed by atoms with Crippen LogP contribution < -0.4 is 0 Å². The summed E-state index contributed by atoms with van der Waals surface area (Å²) in [6, 6.07) is 0. The molecule has 0 amide bonds. The van der Waals surface area contributed by atoms with E-state index in [1.807, 2.05) is 0 Å². The van der Waals surface area contributed by atoms with Gasteiger partial charge in [-0.25, -0.2) is 0 Å². The second kappa shape index (κ2) is 36.8. The van der Waals surface area contributed by atoms with E-state index >= 15 is 0 Å². The van der Waals surface area contributed by atoms with Crippen LogP contribution in [0.5, 0.6) is 0 Å². The van der Waals surface area contributed by atoms with E-state index in [2.05, 4.69) is 13.8 Å². The summed E-state index contributed by atoms with van der Waals surface area (Å²) in [5.41, 5.74) is 0. The summed E-state index contributed by atoms with van der Waals surface area (Å²) in [5.74, 6) is -2.57. The van der Waals surface area contributed by atoms with Gasteiger partial charge in [0.25, 0.3) is 0 Å². The van der Waals surface area contributed by atoms with Crippen molar-refractivity contribution in [2.24, 2.45) is 5.92 Å². The summed E-state index contributed by atoms with van der Waals surface area (Å²) in [5, 5.41) is 91.9. The third-order valence-corrected chi connectivity index (χ3v) is 18.2. The van der Waals surface area contributed by atoms with Crippen molar-refractivity contribution >= 4 is 17.9 Å². The largest absolute Gasteiger partial charge is 0.457 e. The minimum Gasteiger partial charge on any atom is -0.457 e. The zero-order valence-corrected chi connectivity index (χ0v) is 53.2. The van der Waals surface area contributed by atoms with Crippen LogP contribution in [0.3, 0.4) is 0 Å². The minimum atomic E-state index is -1.91. The topological polar surface area (TPSA) is 333 Å². The summed E-state index contributed by atoms with van der Waals surface area (Å²) >= 11 is 0. The highest BCUT2D eigenvalue weighted by molar-refractivity contribution is 5.72. The Morgan fingerprint density at radius 1 is 0.460 bits per heavy atom. The van der Waals surface area contributed by atoms with Gasteiger partial charge in [-0.1, -0.05) is 137 Å². The number of aliphatic hydroxyl groups excluding tert-OH is 8. The molecule has 24 heteroatoms. The van der Waals surface area contributed by atoms with Gasteiger partial charge in [0.1, 0.15) is 73.2 Å². The van der Waals surface area contributed by atoms with Gasteiger partial charge in [0.05, 0.1) is 42.5 Å². The van der Waals surface area contributed by atoms with Crippen molar-refractivity contribution in [3.8, 4) is 0 Å². The first-order valence-electron chi connectivity index (χ1n) is 33.2. The van der Waals surface area contributed by atoms with Crippen LogP contribution in [-0.2, 0) is 76.0 Å². The lowest BCUT2D eigenvalue weighted by Crippen LogP contribution is -2.68. The van der Waals surface area contributed by atoms with Gasteiger partial charge in [0, 0.05) is 12.8 Å². The molecule has 6 aliphatic heterocycles. The zero-order valence-electron chi connectivity index (χ0n) is 53.2. The van der Waals surface area contributed by atoms with Crippen LogP contribution in [0.15, 0.2) is 0 Å². The molecule has 6 heterocycles. The predicted molar refractivity (Wildman–Crippen MR) is 311 cm³/mol. The van der Waals surface area contributed by atoms with Crippen molar-refractivity contribution in [1.82, 2.24) is 0 Å². The molecule has 2 bridgehead atoms. The van der Waals surface area contributed by atoms with Gasteiger partial charge in [-0.05, 0) is 66.7 Å². The fourth-order valence-electron chi connectivity index (χ4n) is 12.3. The van der Waals surface area contributed by atoms with Gasteiger partial charge in [0.15, 0.2) is 49.8 Å². The molecule has 0 aromatic heterocycles. The number of carbonyl (C=O) groups excluding carboxylic acids is 3. The quantitative estimate of drug-likeness (QED) is 0.0344. The van der Waals surface area contributed by atoms with E-state index in [9.17, 15) is 55.2 Å². The number of ether oxygens (including phenoxy) is 13. The first-order chi connectivity index (χ1) is 41.6. The van der Waals surface area contributed by atoms with Crippen LogP contribution in [0.1, 0.15) is 216 Å². The SMILES string of the molecule is CCCCCCCCCCCC(=O)O[C@H]1[C@H](O[C@@H]2[C@H]3OC(=O)CCCCCCCCC[C@H](CCCCC)O[C@@H]4O[C@H](C)[C@H](O)[C@H](O)[C@H]4O[C@H](O[C@H]2C)[C@H]3O)O[C@@H](C)[C@H](O[C@@H]2O[C@@H](C)[C@H](OC(=O)[C@@H](C)CC)[C@@H](O)[C@H]2O)[C@H]1O[C@@H]1O[C@@H](C)[C@H](O)[C@@H](O)[C@H]1O. The van der Waals surface area contributed by atoms with Gasteiger partial charge < -0.3 is 102 Å². The summed E-state index contributed by atoms with van der Waals surface area (Å²) < 4.78 is 82.5. The highest BCUT2D eigenvalue weighted by Gasteiger charge is 2.58. The molecular weight excluding hydrogens is 1140 g/mol. The van der Waals surface area contributed by atoms with Gasteiger partial charge in [-0.3, -0.25) is 14.4 Å². The summed E-state index contributed by atoms with van der Waals surface area (Å²) in [6.07, 6.45) is -19.1. The van der Waals surface area contributed by atoms with Gasteiger partial charge in [-0.2, -0.15) is 0 Å². The van der Waals surface area contributed by atoms with Crippen molar-refractivity contribution in [2.45, 2.75) is 376 Å². The molecule has 27 atom stereocenters. The summed E-state index contributed by atoms with van der Waals surface area (Å²) in [6.45, 7) is 15.4. The highest BCUT2D eigenvalue weighted by Crippen LogP contribution is 2.40. The number of carbonyl (C=O) groups is 3. The summed E-state index contributed by atoms with van der Waals surface area (Å²) in [7, 11) is 0. The molecule has 0 aromatic carbocycles. The van der Waals surface area contributed by atoms with Gasteiger partial charge in [-0.15, -0.1) is 0 Å². The number of hydrogen-bond donors (Lipinski definition) is 8. The number of rotatable bonds is 24. The molecule has 0 saturated carbocycles.